The Kier molecular flexibility index (Phi) is 9.16. The van der Waals surface area contributed by atoms with Gasteiger partial charge in [0.25, 0.3) is 0 Å². The van der Waals surface area contributed by atoms with E-state index < -0.39 is 0 Å². The second kappa shape index (κ2) is 12.3. The predicted octanol–water partition coefficient (Wildman–Crippen LogP) is 4.30. The number of hydrogen-bond acceptors (Lipinski definition) is 3. The van der Waals surface area contributed by atoms with E-state index in [1.54, 1.807) is 0 Å². The van der Waals surface area contributed by atoms with E-state index in [0.717, 1.165) is 51.1 Å². The number of aryl methyl sites for hydroxylation is 1. The molecule has 0 spiro atoms. The number of nitrogens with zero attached hydrogens (tertiary/aromatic N) is 1. The molecule has 0 unspecified atom stereocenters. The molecule has 4 nitrogen and oxygen atoms in total. The van der Waals surface area contributed by atoms with Gasteiger partial charge >= 0.3 is 0 Å². The lowest BCUT2D eigenvalue weighted by Crippen LogP contribution is -2.43. The molecule has 1 aliphatic carbocycles. The normalized spacial score (nSPS) is 17.0. The molecule has 0 bridgehead atoms. The highest BCUT2D eigenvalue weighted by molar-refractivity contribution is 5.76. The molecule has 2 aromatic carbocycles. The van der Waals surface area contributed by atoms with Crippen molar-refractivity contribution >= 4 is 11.6 Å². The fraction of sp³-hybridized carbons (Fsp3) is 0.480. The summed E-state index contributed by atoms with van der Waals surface area (Å²) < 4.78 is 12.6. The summed E-state index contributed by atoms with van der Waals surface area (Å²) in [7, 11) is 0. The summed E-state index contributed by atoms with van der Waals surface area (Å²) in [5.41, 5.74) is 2.36. The summed E-state index contributed by atoms with van der Waals surface area (Å²) in [6.45, 7) is 4.03. The van der Waals surface area contributed by atoms with Crippen LogP contribution in [0.2, 0.25) is 0 Å². The zero-order valence-electron chi connectivity index (χ0n) is 17.8. The van der Waals surface area contributed by atoms with Crippen molar-refractivity contribution in [3.8, 4) is 0 Å². The van der Waals surface area contributed by atoms with Crippen molar-refractivity contribution in [3.05, 3.63) is 66.0 Å². The Bertz CT molecular complexity index is 739. The van der Waals surface area contributed by atoms with Gasteiger partial charge in [0.2, 0.25) is 5.91 Å². The number of anilines is 1. The number of hydrogen-bond donors (Lipinski definition) is 2. The van der Waals surface area contributed by atoms with E-state index in [2.05, 4.69) is 27.7 Å². The molecule has 1 saturated heterocycles. The largest absolute Gasteiger partial charge is 0.369 e. The molecule has 2 N–H and O–H groups in total. The highest BCUT2D eigenvalue weighted by atomic mass is 19.1. The van der Waals surface area contributed by atoms with Gasteiger partial charge in [0.1, 0.15) is 5.82 Å². The highest BCUT2D eigenvalue weighted by Gasteiger charge is 2.15. The zero-order valence-corrected chi connectivity index (χ0v) is 17.8. The molecular weight excluding hydrogens is 377 g/mol. The molecule has 0 radical (unpaired) electrons. The van der Waals surface area contributed by atoms with Gasteiger partial charge in [-0.25, -0.2) is 4.39 Å². The third-order valence-corrected chi connectivity index (χ3v) is 5.76. The number of benzene rings is 2. The first-order valence-electron chi connectivity index (χ1n) is 11.3. The van der Waals surface area contributed by atoms with E-state index in [1.807, 2.05) is 30.3 Å². The van der Waals surface area contributed by atoms with E-state index in [-0.39, 0.29) is 11.7 Å². The van der Waals surface area contributed by atoms with Gasteiger partial charge in [0.15, 0.2) is 0 Å². The number of halogens is 1. The number of amides is 1. The maximum absolute atomic E-state index is 12.6. The van der Waals surface area contributed by atoms with Crippen molar-refractivity contribution in [1.29, 1.82) is 0 Å². The van der Waals surface area contributed by atoms with E-state index in [0.29, 0.717) is 12.5 Å². The van der Waals surface area contributed by atoms with Gasteiger partial charge in [-0.15, -0.1) is 0 Å². The third-order valence-electron chi connectivity index (χ3n) is 5.76. The molecule has 5 heteroatoms. The minimum atomic E-state index is -0.168. The number of carbonyl (C=O) groups is 1. The summed E-state index contributed by atoms with van der Waals surface area (Å²) in [4.78, 5) is 14.0. The molecule has 0 aromatic heterocycles. The quantitative estimate of drug-likeness (QED) is 0.771. The molecule has 2 aromatic rings. The molecule has 2 fully saturated rings. The van der Waals surface area contributed by atoms with Crippen LogP contribution in [0.1, 0.15) is 44.1 Å². The van der Waals surface area contributed by atoms with Gasteiger partial charge in [-0.05, 0) is 49.1 Å². The van der Waals surface area contributed by atoms with Crippen molar-refractivity contribution in [2.24, 2.45) is 0 Å². The third kappa shape index (κ3) is 7.79. The molecule has 30 heavy (non-hydrogen) atoms. The SMILES string of the molecule is Fc1ccc(N2CCNCC2)cc1.O=C(CCc1ccccc1)NC1CCCCC1. The lowest BCUT2D eigenvalue weighted by atomic mass is 9.95. The highest BCUT2D eigenvalue weighted by Crippen LogP contribution is 2.17. The van der Waals surface area contributed by atoms with E-state index >= 15 is 0 Å². The first kappa shape index (κ1) is 22.3. The smallest absolute Gasteiger partial charge is 0.220 e. The molecule has 1 saturated carbocycles. The number of carbonyl (C=O) groups excluding carboxylic acids is 1. The van der Waals surface area contributed by atoms with Crippen molar-refractivity contribution in [2.75, 3.05) is 31.1 Å². The average molecular weight is 412 g/mol. The van der Waals surface area contributed by atoms with Crippen LogP contribution in [0.4, 0.5) is 10.1 Å². The van der Waals surface area contributed by atoms with E-state index in [1.165, 1.54) is 37.0 Å². The van der Waals surface area contributed by atoms with Crippen LogP contribution in [-0.4, -0.2) is 38.1 Å². The molecular formula is C25H34FN3O. The minimum absolute atomic E-state index is 0.168. The van der Waals surface area contributed by atoms with Crippen molar-refractivity contribution in [3.63, 3.8) is 0 Å². The Hall–Kier alpha value is -2.40. The Balaban J connectivity index is 0.000000177. The topological polar surface area (TPSA) is 44.4 Å². The van der Waals surface area contributed by atoms with E-state index in [4.69, 9.17) is 0 Å². The van der Waals surface area contributed by atoms with Crippen molar-refractivity contribution in [2.45, 2.75) is 51.0 Å². The maximum Gasteiger partial charge on any atom is 0.220 e. The lowest BCUT2D eigenvalue weighted by molar-refractivity contribution is -0.121. The molecule has 2 aliphatic rings. The zero-order chi connectivity index (χ0) is 21.0. The molecule has 1 heterocycles. The molecule has 1 aliphatic heterocycles. The number of rotatable bonds is 5. The molecule has 162 valence electrons. The molecule has 0 atom stereocenters. The molecule has 4 rings (SSSR count). The van der Waals surface area contributed by atoms with E-state index in [9.17, 15) is 9.18 Å². The van der Waals surface area contributed by atoms with Crippen LogP contribution in [0, 0.1) is 5.82 Å². The monoisotopic (exact) mass is 411 g/mol. The molecule has 1 amide bonds. The fourth-order valence-corrected chi connectivity index (χ4v) is 4.02. The summed E-state index contributed by atoms with van der Waals surface area (Å²) in [5, 5.41) is 6.43. The fourth-order valence-electron chi connectivity index (χ4n) is 4.02. The minimum Gasteiger partial charge on any atom is -0.369 e. The summed E-state index contributed by atoms with van der Waals surface area (Å²) in [6, 6.07) is 17.3. The average Bonchev–Trinajstić information content (AvgIpc) is 2.81. The van der Waals surface area contributed by atoms with Gasteiger partial charge < -0.3 is 15.5 Å². The first-order chi connectivity index (χ1) is 14.7. The second-order valence-corrected chi connectivity index (χ2v) is 8.10. The van der Waals surface area contributed by atoms with Crippen LogP contribution in [0.3, 0.4) is 0 Å². The summed E-state index contributed by atoms with van der Waals surface area (Å²) in [5.74, 6) is 0.0413. The van der Waals surface area contributed by atoms with Crippen LogP contribution in [0.15, 0.2) is 54.6 Å². The maximum atomic E-state index is 12.6. The Labute approximate surface area is 179 Å². The Morgan fingerprint density at radius 3 is 2.30 bits per heavy atom. The van der Waals surface area contributed by atoms with Crippen LogP contribution in [0.25, 0.3) is 0 Å². The van der Waals surface area contributed by atoms with Gasteiger partial charge in [0.05, 0.1) is 0 Å². The Morgan fingerprint density at radius 1 is 0.967 bits per heavy atom. The number of nitrogens with one attached hydrogen (secondary N) is 2. The lowest BCUT2D eigenvalue weighted by Gasteiger charge is -2.29. The van der Waals surface area contributed by atoms with Crippen LogP contribution >= 0.6 is 0 Å². The van der Waals surface area contributed by atoms with Gasteiger partial charge in [-0.1, -0.05) is 49.6 Å². The first-order valence-corrected chi connectivity index (χ1v) is 11.3. The van der Waals surface area contributed by atoms with Crippen LogP contribution in [-0.2, 0) is 11.2 Å². The predicted molar refractivity (Wildman–Crippen MR) is 121 cm³/mol. The van der Waals surface area contributed by atoms with Crippen molar-refractivity contribution in [1.82, 2.24) is 10.6 Å². The van der Waals surface area contributed by atoms with Gasteiger partial charge in [0, 0.05) is 44.3 Å². The summed E-state index contributed by atoms with van der Waals surface area (Å²) in [6.07, 6.45) is 7.65. The number of piperazine rings is 1. The Morgan fingerprint density at radius 2 is 1.63 bits per heavy atom. The van der Waals surface area contributed by atoms with Crippen LogP contribution < -0.4 is 15.5 Å². The van der Waals surface area contributed by atoms with Gasteiger partial charge in [-0.2, -0.15) is 0 Å². The summed E-state index contributed by atoms with van der Waals surface area (Å²) >= 11 is 0. The second-order valence-electron chi connectivity index (χ2n) is 8.10. The van der Waals surface area contributed by atoms with Gasteiger partial charge in [-0.3, -0.25) is 4.79 Å². The van der Waals surface area contributed by atoms with Crippen molar-refractivity contribution < 1.29 is 9.18 Å². The standard InChI is InChI=1S/C15H21NO.C10H13FN2/c17-15(16-14-9-5-2-6-10-14)12-11-13-7-3-1-4-8-13;11-9-1-3-10(4-2-9)13-7-5-12-6-8-13/h1,3-4,7-8,14H,2,5-6,9-12H2,(H,16,17);1-4,12H,5-8H2. The van der Waals surface area contributed by atoms with Crippen LogP contribution in [0.5, 0.6) is 0 Å².